The highest BCUT2D eigenvalue weighted by atomic mass is 16.5. The summed E-state index contributed by atoms with van der Waals surface area (Å²) < 4.78 is 5.21. The second kappa shape index (κ2) is 8.98. The maximum Gasteiger partial charge on any atom is 0.118 e. The van der Waals surface area contributed by atoms with Gasteiger partial charge in [-0.1, -0.05) is 45.7 Å². The van der Waals surface area contributed by atoms with Gasteiger partial charge in [0.1, 0.15) is 5.75 Å². The van der Waals surface area contributed by atoms with E-state index in [1.807, 2.05) is 0 Å². The Morgan fingerprint density at radius 3 is 2.16 bits per heavy atom. The van der Waals surface area contributed by atoms with Crippen molar-refractivity contribution in [2.24, 2.45) is 5.92 Å². The maximum atomic E-state index is 5.21. The summed E-state index contributed by atoms with van der Waals surface area (Å²) >= 11 is 0. The van der Waals surface area contributed by atoms with Gasteiger partial charge in [0.25, 0.3) is 0 Å². The van der Waals surface area contributed by atoms with Crippen LogP contribution in [0.15, 0.2) is 24.3 Å². The molecule has 0 fully saturated rings. The average molecular weight is 263 g/mol. The summed E-state index contributed by atoms with van der Waals surface area (Å²) in [6.45, 7) is 7.92. The molecule has 0 spiro atoms. The van der Waals surface area contributed by atoms with Crippen LogP contribution in [0.3, 0.4) is 0 Å². The predicted molar refractivity (Wildman–Crippen MR) is 82.9 cm³/mol. The number of rotatable bonds is 9. The third-order valence-corrected chi connectivity index (χ3v) is 3.89. The largest absolute Gasteiger partial charge is 0.497 e. The molecule has 0 bridgehead atoms. The van der Waals surface area contributed by atoms with E-state index in [0.717, 1.165) is 24.6 Å². The van der Waals surface area contributed by atoms with E-state index < -0.39 is 0 Å². The third kappa shape index (κ3) is 5.23. The molecule has 0 saturated carbocycles. The zero-order chi connectivity index (χ0) is 14.1. The highest BCUT2D eigenvalue weighted by Crippen LogP contribution is 2.19. The number of nitrogens with one attached hydrogen (secondary N) is 1. The summed E-state index contributed by atoms with van der Waals surface area (Å²) in [5, 5.41) is 3.72. The van der Waals surface area contributed by atoms with E-state index in [1.165, 1.54) is 24.8 Å². The van der Waals surface area contributed by atoms with Crippen LogP contribution in [0.5, 0.6) is 5.75 Å². The molecule has 0 aliphatic heterocycles. The van der Waals surface area contributed by atoms with Crippen LogP contribution in [-0.2, 0) is 6.42 Å². The summed E-state index contributed by atoms with van der Waals surface area (Å²) in [6, 6.07) is 9.06. The third-order valence-electron chi connectivity index (χ3n) is 3.89. The highest BCUT2D eigenvalue weighted by molar-refractivity contribution is 5.27. The van der Waals surface area contributed by atoms with Crippen LogP contribution >= 0.6 is 0 Å². The molecule has 1 aromatic rings. The van der Waals surface area contributed by atoms with Crippen LogP contribution in [-0.4, -0.2) is 19.7 Å². The minimum absolute atomic E-state index is 0.586. The van der Waals surface area contributed by atoms with Crippen LogP contribution in [0.4, 0.5) is 0 Å². The molecule has 2 heteroatoms. The number of methoxy groups -OCH3 is 1. The van der Waals surface area contributed by atoms with Crippen molar-refractivity contribution in [1.29, 1.82) is 0 Å². The van der Waals surface area contributed by atoms with Gasteiger partial charge in [0, 0.05) is 6.04 Å². The van der Waals surface area contributed by atoms with Crippen LogP contribution < -0.4 is 10.1 Å². The molecular weight excluding hydrogens is 234 g/mol. The lowest BCUT2D eigenvalue weighted by molar-refractivity contribution is 0.332. The van der Waals surface area contributed by atoms with E-state index >= 15 is 0 Å². The Labute approximate surface area is 118 Å². The van der Waals surface area contributed by atoms with Gasteiger partial charge in [-0.3, -0.25) is 0 Å². The lowest BCUT2D eigenvalue weighted by Gasteiger charge is -2.26. The first-order chi connectivity index (χ1) is 9.24. The Morgan fingerprint density at radius 1 is 1.05 bits per heavy atom. The molecule has 1 unspecified atom stereocenters. The lowest BCUT2D eigenvalue weighted by Crippen LogP contribution is -2.38. The molecule has 1 N–H and O–H groups in total. The van der Waals surface area contributed by atoms with Gasteiger partial charge in [0.2, 0.25) is 0 Å². The molecular formula is C17H29NO. The van der Waals surface area contributed by atoms with Crippen molar-refractivity contribution >= 4 is 0 Å². The fourth-order valence-electron chi connectivity index (χ4n) is 2.61. The molecule has 108 valence electrons. The van der Waals surface area contributed by atoms with Gasteiger partial charge >= 0.3 is 0 Å². The number of hydrogen-bond donors (Lipinski definition) is 1. The van der Waals surface area contributed by atoms with Gasteiger partial charge in [-0.25, -0.2) is 0 Å². The summed E-state index contributed by atoms with van der Waals surface area (Å²) in [4.78, 5) is 0. The zero-order valence-electron chi connectivity index (χ0n) is 12.9. The summed E-state index contributed by atoms with van der Waals surface area (Å²) in [5.74, 6) is 1.69. The van der Waals surface area contributed by atoms with Gasteiger partial charge in [0.15, 0.2) is 0 Å². The Kier molecular flexibility index (Phi) is 7.57. The van der Waals surface area contributed by atoms with E-state index in [4.69, 9.17) is 4.74 Å². The van der Waals surface area contributed by atoms with Gasteiger partial charge in [-0.15, -0.1) is 0 Å². The second-order valence-electron chi connectivity index (χ2n) is 5.19. The number of ether oxygens (including phenoxy) is 1. The van der Waals surface area contributed by atoms with Crippen LogP contribution in [0, 0.1) is 5.92 Å². The van der Waals surface area contributed by atoms with Gasteiger partial charge in [-0.05, 0) is 43.0 Å². The first kappa shape index (κ1) is 16.0. The fraction of sp³-hybridized carbons (Fsp3) is 0.647. The Hall–Kier alpha value is -1.02. The highest BCUT2D eigenvalue weighted by Gasteiger charge is 2.18. The molecule has 0 aliphatic rings. The van der Waals surface area contributed by atoms with Crippen molar-refractivity contribution in [3.05, 3.63) is 29.8 Å². The second-order valence-corrected chi connectivity index (χ2v) is 5.19. The van der Waals surface area contributed by atoms with Crippen LogP contribution in [0.2, 0.25) is 0 Å². The van der Waals surface area contributed by atoms with Crippen molar-refractivity contribution in [1.82, 2.24) is 5.32 Å². The molecule has 0 radical (unpaired) electrons. The molecule has 1 aromatic carbocycles. The Morgan fingerprint density at radius 2 is 1.68 bits per heavy atom. The van der Waals surface area contributed by atoms with Crippen molar-refractivity contribution in [3.63, 3.8) is 0 Å². The van der Waals surface area contributed by atoms with Gasteiger partial charge < -0.3 is 10.1 Å². The molecule has 0 aromatic heterocycles. The van der Waals surface area contributed by atoms with E-state index in [9.17, 15) is 0 Å². The van der Waals surface area contributed by atoms with Crippen molar-refractivity contribution in [2.45, 2.75) is 52.5 Å². The quantitative estimate of drug-likeness (QED) is 0.726. The number of benzene rings is 1. The molecule has 0 heterocycles. The van der Waals surface area contributed by atoms with Crippen molar-refractivity contribution < 1.29 is 4.74 Å². The van der Waals surface area contributed by atoms with E-state index in [2.05, 4.69) is 50.4 Å². The van der Waals surface area contributed by atoms with E-state index in [1.54, 1.807) is 7.11 Å². The van der Waals surface area contributed by atoms with Crippen LogP contribution in [0.25, 0.3) is 0 Å². The van der Waals surface area contributed by atoms with Gasteiger partial charge in [-0.2, -0.15) is 0 Å². The Bertz CT molecular complexity index is 330. The smallest absolute Gasteiger partial charge is 0.118 e. The van der Waals surface area contributed by atoms with Crippen molar-refractivity contribution in [3.8, 4) is 5.75 Å². The molecule has 1 rings (SSSR count). The molecule has 0 amide bonds. The molecule has 0 saturated heterocycles. The van der Waals surface area contributed by atoms with E-state index in [0.29, 0.717) is 6.04 Å². The minimum atomic E-state index is 0.586. The monoisotopic (exact) mass is 263 g/mol. The average Bonchev–Trinajstić information content (AvgIpc) is 2.46. The topological polar surface area (TPSA) is 21.3 Å². The number of hydrogen-bond acceptors (Lipinski definition) is 2. The first-order valence-corrected chi connectivity index (χ1v) is 7.61. The Balaban J connectivity index is 2.68. The summed E-state index contributed by atoms with van der Waals surface area (Å²) in [6.07, 6.45) is 4.79. The molecule has 1 atom stereocenters. The standard InChI is InChI=1S/C17H29NO/c1-5-12-18-17(15(6-2)7-3)13-14-8-10-16(19-4)11-9-14/h8-11,15,17-18H,5-7,12-13H2,1-4H3. The lowest BCUT2D eigenvalue weighted by atomic mass is 9.89. The molecule has 19 heavy (non-hydrogen) atoms. The zero-order valence-corrected chi connectivity index (χ0v) is 12.9. The minimum Gasteiger partial charge on any atom is -0.497 e. The SMILES string of the molecule is CCCNC(Cc1ccc(OC)cc1)C(CC)CC. The van der Waals surface area contributed by atoms with E-state index in [-0.39, 0.29) is 0 Å². The fourth-order valence-corrected chi connectivity index (χ4v) is 2.61. The van der Waals surface area contributed by atoms with Crippen LogP contribution in [0.1, 0.15) is 45.6 Å². The first-order valence-electron chi connectivity index (χ1n) is 7.61. The molecule has 0 aliphatic carbocycles. The predicted octanol–water partition coefficient (Wildman–Crippen LogP) is 4.04. The molecule has 2 nitrogen and oxygen atoms in total. The normalized spacial score (nSPS) is 12.7. The summed E-state index contributed by atoms with van der Waals surface area (Å²) in [5.41, 5.74) is 1.39. The van der Waals surface area contributed by atoms with Gasteiger partial charge in [0.05, 0.1) is 7.11 Å². The summed E-state index contributed by atoms with van der Waals surface area (Å²) in [7, 11) is 1.71. The maximum absolute atomic E-state index is 5.21. The van der Waals surface area contributed by atoms with Crippen molar-refractivity contribution in [2.75, 3.05) is 13.7 Å².